The standard InChI is InChI=1S/C17H24BrNO/c1-13(20)12-17(14-6-4-2-3-5-7-14)19-16-10-8-15(18)9-11-16/h8-11,14,17,19H,2-7,12H2,1H3/t17-/m0/s1. The number of carbonyl (C=O) groups excluding carboxylic acids is 1. The Morgan fingerprint density at radius 1 is 1.20 bits per heavy atom. The Balaban J connectivity index is 2.05. The topological polar surface area (TPSA) is 29.1 Å². The van der Waals surface area contributed by atoms with Crippen LogP contribution >= 0.6 is 15.9 Å². The van der Waals surface area contributed by atoms with Gasteiger partial charge >= 0.3 is 0 Å². The van der Waals surface area contributed by atoms with E-state index in [9.17, 15) is 4.79 Å². The lowest BCUT2D eigenvalue weighted by Crippen LogP contribution is -2.31. The molecule has 110 valence electrons. The van der Waals surface area contributed by atoms with Gasteiger partial charge < -0.3 is 5.32 Å². The van der Waals surface area contributed by atoms with Crippen molar-refractivity contribution in [1.82, 2.24) is 0 Å². The zero-order chi connectivity index (χ0) is 14.4. The Labute approximate surface area is 130 Å². The molecule has 20 heavy (non-hydrogen) atoms. The van der Waals surface area contributed by atoms with Crippen LogP contribution in [0.5, 0.6) is 0 Å². The second-order valence-electron chi connectivity index (χ2n) is 5.92. The maximum Gasteiger partial charge on any atom is 0.131 e. The van der Waals surface area contributed by atoms with Crippen LogP contribution in [0, 0.1) is 5.92 Å². The summed E-state index contributed by atoms with van der Waals surface area (Å²) in [6, 6.07) is 8.52. The van der Waals surface area contributed by atoms with Gasteiger partial charge in [0.25, 0.3) is 0 Å². The van der Waals surface area contributed by atoms with Crippen LogP contribution in [0.3, 0.4) is 0 Å². The molecule has 2 nitrogen and oxygen atoms in total. The predicted octanol–water partition coefficient (Wildman–Crippen LogP) is 5.18. The normalized spacial score (nSPS) is 18.3. The third kappa shape index (κ3) is 4.93. The number of rotatable bonds is 5. The van der Waals surface area contributed by atoms with E-state index in [0.717, 1.165) is 10.2 Å². The molecule has 1 aromatic carbocycles. The molecule has 1 fully saturated rings. The zero-order valence-electron chi connectivity index (χ0n) is 12.2. The lowest BCUT2D eigenvalue weighted by molar-refractivity contribution is -0.117. The third-order valence-corrected chi connectivity index (χ3v) is 4.70. The average Bonchev–Trinajstić information content (AvgIpc) is 2.69. The summed E-state index contributed by atoms with van der Waals surface area (Å²) in [6.07, 6.45) is 8.45. The molecular formula is C17H24BrNO. The van der Waals surface area contributed by atoms with Crippen molar-refractivity contribution in [3.8, 4) is 0 Å². The second-order valence-corrected chi connectivity index (χ2v) is 6.83. The third-order valence-electron chi connectivity index (χ3n) is 4.17. The first kappa shape index (κ1) is 15.6. The largest absolute Gasteiger partial charge is 0.382 e. The second kappa shape index (κ2) is 7.82. The van der Waals surface area contributed by atoms with Crippen molar-refractivity contribution < 1.29 is 4.79 Å². The van der Waals surface area contributed by atoms with Crippen molar-refractivity contribution in [3.05, 3.63) is 28.7 Å². The summed E-state index contributed by atoms with van der Waals surface area (Å²) >= 11 is 3.46. The highest BCUT2D eigenvalue weighted by atomic mass is 79.9. The minimum Gasteiger partial charge on any atom is -0.382 e. The maximum atomic E-state index is 11.6. The van der Waals surface area contributed by atoms with Gasteiger partial charge in [0.1, 0.15) is 5.78 Å². The molecule has 1 atom stereocenters. The number of benzene rings is 1. The van der Waals surface area contributed by atoms with Crippen LogP contribution in [0.15, 0.2) is 28.7 Å². The smallest absolute Gasteiger partial charge is 0.131 e. The molecular weight excluding hydrogens is 314 g/mol. The molecule has 3 heteroatoms. The number of hydrogen-bond donors (Lipinski definition) is 1. The van der Waals surface area contributed by atoms with Crippen molar-refractivity contribution in [2.45, 2.75) is 57.9 Å². The van der Waals surface area contributed by atoms with Gasteiger partial charge in [-0.1, -0.05) is 41.6 Å². The molecule has 1 saturated carbocycles. The van der Waals surface area contributed by atoms with Crippen molar-refractivity contribution in [3.63, 3.8) is 0 Å². The number of Topliss-reactive ketones (excluding diaryl/α,β-unsaturated/α-hetero) is 1. The van der Waals surface area contributed by atoms with E-state index in [1.807, 2.05) is 12.1 Å². The van der Waals surface area contributed by atoms with Gasteiger partial charge in [-0.15, -0.1) is 0 Å². The number of ketones is 1. The SMILES string of the molecule is CC(=O)C[C@H](Nc1ccc(Br)cc1)C1CCCCCC1. The summed E-state index contributed by atoms with van der Waals surface area (Å²) in [5, 5.41) is 3.59. The number of anilines is 1. The van der Waals surface area contributed by atoms with E-state index in [1.54, 1.807) is 6.92 Å². The molecule has 2 rings (SSSR count). The summed E-state index contributed by atoms with van der Waals surface area (Å²) in [6.45, 7) is 1.70. The van der Waals surface area contributed by atoms with Gasteiger partial charge in [-0.05, 0) is 49.9 Å². The zero-order valence-corrected chi connectivity index (χ0v) is 13.8. The Bertz CT molecular complexity index is 421. The van der Waals surface area contributed by atoms with Gasteiger partial charge in [-0.25, -0.2) is 0 Å². The Morgan fingerprint density at radius 2 is 1.80 bits per heavy atom. The van der Waals surface area contributed by atoms with Crippen LogP contribution in [-0.4, -0.2) is 11.8 Å². The molecule has 1 N–H and O–H groups in total. The van der Waals surface area contributed by atoms with Crippen LogP contribution in [0.1, 0.15) is 51.9 Å². The molecule has 0 saturated heterocycles. The van der Waals surface area contributed by atoms with E-state index in [-0.39, 0.29) is 11.8 Å². The molecule has 1 aliphatic rings. The number of nitrogens with one attached hydrogen (secondary N) is 1. The Hall–Kier alpha value is -0.830. The molecule has 0 aromatic heterocycles. The highest BCUT2D eigenvalue weighted by Gasteiger charge is 2.23. The quantitative estimate of drug-likeness (QED) is 0.750. The molecule has 0 amide bonds. The van der Waals surface area contributed by atoms with Gasteiger partial charge in [0.15, 0.2) is 0 Å². The first-order chi connectivity index (χ1) is 9.65. The highest BCUT2D eigenvalue weighted by Crippen LogP contribution is 2.29. The van der Waals surface area contributed by atoms with Gasteiger partial charge in [-0.3, -0.25) is 4.79 Å². The molecule has 0 unspecified atom stereocenters. The predicted molar refractivity (Wildman–Crippen MR) is 88.0 cm³/mol. The lowest BCUT2D eigenvalue weighted by atomic mass is 9.88. The van der Waals surface area contributed by atoms with E-state index in [2.05, 4.69) is 33.4 Å². The average molecular weight is 338 g/mol. The minimum atomic E-state index is 0.281. The Kier molecular flexibility index (Phi) is 6.08. The summed E-state index contributed by atoms with van der Waals surface area (Å²) < 4.78 is 1.08. The van der Waals surface area contributed by atoms with Crippen molar-refractivity contribution in [2.24, 2.45) is 5.92 Å². The molecule has 1 aromatic rings. The summed E-state index contributed by atoms with van der Waals surface area (Å²) in [4.78, 5) is 11.6. The molecule has 0 heterocycles. The van der Waals surface area contributed by atoms with Crippen LogP contribution < -0.4 is 5.32 Å². The van der Waals surface area contributed by atoms with Gasteiger partial charge in [0, 0.05) is 22.6 Å². The highest BCUT2D eigenvalue weighted by molar-refractivity contribution is 9.10. The monoisotopic (exact) mass is 337 g/mol. The van der Waals surface area contributed by atoms with Crippen LogP contribution in [0.4, 0.5) is 5.69 Å². The fourth-order valence-electron chi connectivity index (χ4n) is 3.12. The number of carbonyl (C=O) groups is 1. The van der Waals surface area contributed by atoms with Crippen molar-refractivity contribution in [2.75, 3.05) is 5.32 Å². The fourth-order valence-corrected chi connectivity index (χ4v) is 3.38. The summed E-state index contributed by atoms with van der Waals surface area (Å²) in [5.41, 5.74) is 1.11. The molecule has 0 radical (unpaired) electrons. The molecule has 1 aliphatic carbocycles. The van der Waals surface area contributed by atoms with E-state index < -0.39 is 0 Å². The van der Waals surface area contributed by atoms with E-state index in [4.69, 9.17) is 0 Å². The maximum absolute atomic E-state index is 11.6. The molecule has 0 spiro atoms. The van der Waals surface area contributed by atoms with Crippen molar-refractivity contribution >= 4 is 27.4 Å². The van der Waals surface area contributed by atoms with E-state index in [1.165, 1.54) is 38.5 Å². The van der Waals surface area contributed by atoms with Crippen molar-refractivity contribution in [1.29, 1.82) is 0 Å². The van der Waals surface area contributed by atoms with Gasteiger partial charge in [-0.2, -0.15) is 0 Å². The number of halogens is 1. The minimum absolute atomic E-state index is 0.281. The summed E-state index contributed by atoms with van der Waals surface area (Å²) in [5.74, 6) is 0.911. The number of hydrogen-bond acceptors (Lipinski definition) is 2. The first-order valence-corrected chi connectivity index (χ1v) is 8.46. The fraction of sp³-hybridized carbons (Fsp3) is 0.588. The molecule has 0 bridgehead atoms. The lowest BCUT2D eigenvalue weighted by Gasteiger charge is -2.27. The van der Waals surface area contributed by atoms with E-state index >= 15 is 0 Å². The Morgan fingerprint density at radius 3 is 2.35 bits per heavy atom. The van der Waals surface area contributed by atoms with Crippen LogP contribution in [-0.2, 0) is 4.79 Å². The van der Waals surface area contributed by atoms with Crippen LogP contribution in [0.2, 0.25) is 0 Å². The van der Waals surface area contributed by atoms with Gasteiger partial charge in [0.05, 0.1) is 0 Å². The van der Waals surface area contributed by atoms with Gasteiger partial charge in [0.2, 0.25) is 0 Å². The first-order valence-electron chi connectivity index (χ1n) is 7.66. The summed E-state index contributed by atoms with van der Waals surface area (Å²) in [7, 11) is 0. The molecule has 0 aliphatic heterocycles. The van der Waals surface area contributed by atoms with Crippen LogP contribution in [0.25, 0.3) is 0 Å². The van der Waals surface area contributed by atoms with E-state index in [0.29, 0.717) is 12.3 Å².